The maximum absolute atomic E-state index is 7.57. The monoisotopic (exact) mass is 785 g/mol. The summed E-state index contributed by atoms with van der Waals surface area (Å²) in [6, 6.07) is 3.58. The van der Waals surface area contributed by atoms with Gasteiger partial charge in [-0.3, -0.25) is 0 Å². The summed E-state index contributed by atoms with van der Waals surface area (Å²) in [7, 11) is -5.66. The van der Waals surface area contributed by atoms with Crippen LogP contribution in [0.1, 0.15) is 141 Å². The summed E-state index contributed by atoms with van der Waals surface area (Å²) >= 11 is 0. The highest BCUT2D eigenvalue weighted by Crippen LogP contribution is 2.64. The van der Waals surface area contributed by atoms with Gasteiger partial charge in [-0.1, -0.05) is 119 Å². The number of ether oxygens (including phenoxy) is 1. The van der Waals surface area contributed by atoms with Crippen molar-refractivity contribution in [3.8, 4) is 0 Å². The minimum Gasteiger partial charge on any atom is -0.497 e. The Kier molecular flexibility index (Phi) is 13.8. The lowest BCUT2D eigenvalue weighted by Crippen LogP contribution is -2.58. The molecule has 304 valence electrons. The van der Waals surface area contributed by atoms with E-state index in [9.17, 15) is 0 Å². The lowest BCUT2D eigenvalue weighted by atomic mass is 9.50. The molecule has 0 bridgehead atoms. The van der Waals surface area contributed by atoms with Crippen molar-refractivity contribution >= 4 is 25.0 Å². The van der Waals surface area contributed by atoms with Crippen LogP contribution in [-0.2, 0) is 18.0 Å². The van der Waals surface area contributed by atoms with Gasteiger partial charge in [0.05, 0.1) is 24.1 Å². The van der Waals surface area contributed by atoms with Crippen LogP contribution in [0.15, 0.2) is 47.3 Å². The van der Waals surface area contributed by atoms with Crippen molar-refractivity contribution < 1.29 is 18.0 Å². The number of hydrogen-bond donors (Lipinski definition) is 0. The Morgan fingerprint density at radius 2 is 1.40 bits per heavy atom. The maximum Gasteiger partial charge on any atom is 0.192 e. The number of rotatable bonds is 16. The minimum absolute atomic E-state index is 0.00286. The first-order valence-electron chi connectivity index (χ1n) is 21.9. The number of hydrogen-bond acceptors (Lipinski definition) is 4. The van der Waals surface area contributed by atoms with E-state index in [1.807, 2.05) is 6.26 Å². The second kappa shape index (κ2) is 16.3. The van der Waals surface area contributed by atoms with Gasteiger partial charge in [0.15, 0.2) is 25.0 Å². The van der Waals surface area contributed by atoms with Crippen molar-refractivity contribution in [2.75, 3.05) is 6.61 Å². The van der Waals surface area contributed by atoms with Gasteiger partial charge in [0, 0.05) is 5.41 Å². The highest BCUT2D eigenvalue weighted by molar-refractivity contribution is 6.74. The third-order valence-electron chi connectivity index (χ3n) is 16.4. The molecular weight excluding hydrogens is 701 g/mol. The Balaban J connectivity index is 1.54. The first kappa shape index (κ1) is 45.0. The molecule has 2 fully saturated rings. The lowest BCUT2D eigenvalue weighted by Gasteiger charge is -2.59. The summed E-state index contributed by atoms with van der Waals surface area (Å²) in [5.74, 6) is 1.04. The van der Waals surface area contributed by atoms with Crippen molar-refractivity contribution in [3.05, 3.63) is 47.3 Å². The zero-order valence-electron chi connectivity index (χ0n) is 37.8. The molecule has 0 spiro atoms. The summed E-state index contributed by atoms with van der Waals surface area (Å²) in [4.78, 5) is 0. The average Bonchev–Trinajstić information content (AvgIpc) is 3.41. The molecule has 4 aliphatic carbocycles. The Labute approximate surface area is 331 Å². The summed E-state index contributed by atoms with van der Waals surface area (Å²) in [6.45, 7) is 41.4. The molecule has 6 atom stereocenters. The normalized spacial score (nSPS) is 30.0. The van der Waals surface area contributed by atoms with Crippen LogP contribution >= 0.6 is 0 Å². The molecule has 4 aliphatic rings. The molecule has 0 aromatic carbocycles. The van der Waals surface area contributed by atoms with Gasteiger partial charge < -0.3 is 18.0 Å². The predicted octanol–water partition coefficient (Wildman–Crippen LogP) is 14.3. The molecule has 4 nitrogen and oxygen atoms in total. The van der Waals surface area contributed by atoms with Gasteiger partial charge in [-0.25, -0.2) is 0 Å². The van der Waals surface area contributed by atoms with Gasteiger partial charge in [-0.15, -0.1) is 0 Å². The Bertz CT molecular complexity index is 1380. The highest BCUT2D eigenvalue weighted by atomic mass is 28.4. The van der Waals surface area contributed by atoms with Gasteiger partial charge in [0.1, 0.15) is 6.61 Å². The molecule has 2 saturated carbocycles. The third-order valence-corrected chi connectivity index (χ3v) is 30.2. The van der Waals surface area contributed by atoms with Gasteiger partial charge >= 0.3 is 0 Å². The summed E-state index contributed by atoms with van der Waals surface area (Å²) in [5, 5.41) is 0.348. The standard InChI is InChI=1S/C46H84O4Si3/c1-18-46(19-2,50-53(20-3,21-4)22-5)29-23-31-47-34-36-25-27-39-38-26-24-35-32-37(48-51(14,15)42(6,7)8)33-41(49-52(16,17)43(9,10)11)45(35,13)40(38)28-30-44(36,39)12/h23-26,31,37,39-41H,18-22,27-30,32-34H2,1-17H3/b31-23+/t37-,39+,40+,41+,44-,45+/m1/s1. The predicted molar refractivity (Wildman–Crippen MR) is 236 cm³/mol. The largest absolute Gasteiger partial charge is 0.497 e. The minimum atomic E-state index is -2.04. The van der Waals surface area contributed by atoms with E-state index in [2.05, 4.69) is 141 Å². The van der Waals surface area contributed by atoms with Crippen LogP contribution in [0.4, 0.5) is 0 Å². The molecule has 7 heteroatoms. The van der Waals surface area contributed by atoms with Gasteiger partial charge in [0.25, 0.3) is 0 Å². The molecule has 53 heavy (non-hydrogen) atoms. The van der Waals surface area contributed by atoms with E-state index in [0.29, 0.717) is 18.4 Å². The highest BCUT2D eigenvalue weighted by Gasteiger charge is 2.59. The molecule has 0 aromatic rings. The second-order valence-electron chi connectivity index (χ2n) is 21.1. The van der Waals surface area contributed by atoms with Gasteiger partial charge in [-0.05, 0) is 135 Å². The zero-order valence-corrected chi connectivity index (χ0v) is 40.8. The molecule has 0 heterocycles. The summed E-state index contributed by atoms with van der Waals surface area (Å²) in [6.07, 6.45) is 20.8. The number of allylic oxidation sites excluding steroid dienone is 4. The average molecular weight is 785 g/mol. The van der Waals surface area contributed by atoms with E-state index in [0.717, 1.165) is 38.5 Å². The van der Waals surface area contributed by atoms with Crippen molar-refractivity contribution in [1.82, 2.24) is 0 Å². The third kappa shape index (κ3) is 8.76. The second-order valence-corrected chi connectivity index (χ2v) is 35.3. The molecule has 0 saturated heterocycles. The van der Waals surface area contributed by atoms with Crippen LogP contribution in [0.5, 0.6) is 0 Å². The molecule has 0 N–H and O–H groups in total. The number of fused-ring (bicyclic) bond motifs is 5. The lowest BCUT2D eigenvalue weighted by molar-refractivity contribution is -0.0389. The SMILES string of the molecule is CCC(CC)(C/C=C/OCC1=CC[C@H]2C3=CC=C4C[C@@H](O[Si](C)(C)C(C)(C)C)C[C@H](O[Si](C)(C)C(C)(C)C)[C@]4(C)[C@H]3CC[C@]12C)O[Si](CC)(CC)CC. The first-order chi connectivity index (χ1) is 24.4. The van der Waals surface area contributed by atoms with E-state index in [1.54, 1.807) is 11.1 Å². The van der Waals surface area contributed by atoms with E-state index < -0.39 is 25.0 Å². The quantitative estimate of drug-likeness (QED) is 0.0887. The Morgan fingerprint density at radius 1 is 0.811 bits per heavy atom. The van der Waals surface area contributed by atoms with Crippen LogP contribution in [0.3, 0.4) is 0 Å². The molecule has 0 radical (unpaired) electrons. The molecule has 0 aliphatic heterocycles. The summed E-state index contributed by atoms with van der Waals surface area (Å²) in [5.41, 5.74) is 4.80. The summed E-state index contributed by atoms with van der Waals surface area (Å²) < 4.78 is 28.3. The van der Waals surface area contributed by atoms with Crippen molar-refractivity contribution in [2.24, 2.45) is 22.7 Å². The maximum atomic E-state index is 7.57. The van der Waals surface area contributed by atoms with Crippen molar-refractivity contribution in [2.45, 2.75) is 214 Å². The van der Waals surface area contributed by atoms with Crippen molar-refractivity contribution in [3.63, 3.8) is 0 Å². The fourth-order valence-corrected chi connectivity index (χ4v) is 15.9. The zero-order chi connectivity index (χ0) is 39.9. The van der Waals surface area contributed by atoms with Crippen LogP contribution < -0.4 is 0 Å². The van der Waals surface area contributed by atoms with Crippen LogP contribution in [0.2, 0.25) is 54.4 Å². The molecule has 4 rings (SSSR count). The molecular formula is C46H84O4Si3. The van der Waals surface area contributed by atoms with Gasteiger partial charge in [-0.2, -0.15) is 0 Å². The Morgan fingerprint density at radius 3 is 1.94 bits per heavy atom. The van der Waals surface area contributed by atoms with E-state index in [4.69, 9.17) is 18.0 Å². The topological polar surface area (TPSA) is 36.9 Å². The van der Waals surface area contributed by atoms with Crippen LogP contribution in [0.25, 0.3) is 0 Å². The smallest absolute Gasteiger partial charge is 0.192 e. The molecule has 0 aromatic heterocycles. The fraction of sp³-hybridized carbons (Fsp3) is 0.826. The van der Waals surface area contributed by atoms with Crippen molar-refractivity contribution in [1.29, 1.82) is 0 Å². The Hall–Kier alpha value is -0.709. The van der Waals surface area contributed by atoms with Gasteiger partial charge in [0.2, 0.25) is 0 Å². The fourth-order valence-electron chi connectivity index (χ4n) is 9.91. The van der Waals surface area contributed by atoms with E-state index in [1.165, 1.54) is 36.5 Å². The van der Waals surface area contributed by atoms with E-state index >= 15 is 0 Å². The first-order valence-corrected chi connectivity index (χ1v) is 30.2. The molecule has 0 unspecified atom stereocenters. The van der Waals surface area contributed by atoms with Crippen LogP contribution in [0, 0.1) is 22.7 Å². The van der Waals surface area contributed by atoms with Crippen LogP contribution in [-0.4, -0.2) is 49.4 Å². The molecule has 0 amide bonds. The van der Waals surface area contributed by atoms with E-state index in [-0.39, 0.29) is 38.7 Å².